The van der Waals surface area contributed by atoms with Crippen LogP contribution in [-0.4, -0.2) is 41.9 Å². The lowest BCUT2D eigenvalue weighted by Crippen LogP contribution is -2.41. The van der Waals surface area contributed by atoms with Crippen LogP contribution in [0.25, 0.3) is 0 Å². The molecule has 1 unspecified atom stereocenters. The van der Waals surface area contributed by atoms with Gasteiger partial charge in [0.05, 0.1) is 24.2 Å². The fourth-order valence-electron chi connectivity index (χ4n) is 2.35. The van der Waals surface area contributed by atoms with E-state index in [1.807, 2.05) is 4.90 Å². The molecule has 0 bridgehead atoms. The van der Waals surface area contributed by atoms with E-state index in [0.717, 1.165) is 0 Å². The van der Waals surface area contributed by atoms with E-state index in [2.05, 4.69) is 0 Å². The summed E-state index contributed by atoms with van der Waals surface area (Å²) in [5.74, 6) is -0.0117. The minimum atomic E-state index is -0.444. The maximum absolute atomic E-state index is 11.9. The molecule has 0 aliphatic carbocycles. The number of nitro benzene ring substituents is 1. The van der Waals surface area contributed by atoms with Crippen LogP contribution in [0, 0.1) is 10.1 Å². The molecule has 1 saturated heterocycles. The van der Waals surface area contributed by atoms with Gasteiger partial charge in [-0.25, -0.2) is 0 Å². The smallest absolute Gasteiger partial charge is 0.269 e. The van der Waals surface area contributed by atoms with E-state index < -0.39 is 11.0 Å². The molecule has 1 aliphatic heterocycles. The topological polar surface area (TPSA) is 72.7 Å². The number of carbonyl (C=O) groups excluding carboxylic acids is 1. The molecule has 0 spiro atoms. The summed E-state index contributed by atoms with van der Waals surface area (Å²) in [6.45, 7) is 4.00. The summed E-state index contributed by atoms with van der Waals surface area (Å²) in [6.07, 6.45) is 0. The van der Waals surface area contributed by atoms with Gasteiger partial charge >= 0.3 is 0 Å². The van der Waals surface area contributed by atoms with Crippen molar-refractivity contribution < 1.29 is 14.5 Å². The van der Waals surface area contributed by atoms with Gasteiger partial charge in [0.15, 0.2) is 5.78 Å². The Morgan fingerprint density at radius 2 is 2.11 bits per heavy atom. The average Bonchev–Trinajstić information content (AvgIpc) is 2.40. The second-order valence-corrected chi connectivity index (χ2v) is 4.51. The summed E-state index contributed by atoms with van der Waals surface area (Å²) >= 11 is 0. The summed E-state index contributed by atoms with van der Waals surface area (Å²) in [4.78, 5) is 24.2. The Hall–Kier alpha value is -1.79. The zero-order chi connectivity index (χ0) is 13.8. The van der Waals surface area contributed by atoms with Gasteiger partial charge in [-0.1, -0.05) is 12.1 Å². The molecule has 1 atom stereocenters. The Bertz CT molecular complexity index is 483. The number of carbonyl (C=O) groups is 1. The van der Waals surface area contributed by atoms with Crippen LogP contribution in [-0.2, 0) is 9.53 Å². The molecule has 2 rings (SSSR count). The average molecular weight is 264 g/mol. The molecule has 6 heteroatoms. The zero-order valence-electron chi connectivity index (χ0n) is 10.7. The number of morpholine rings is 1. The summed E-state index contributed by atoms with van der Waals surface area (Å²) in [6, 6.07) is 5.85. The summed E-state index contributed by atoms with van der Waals surface area (Å²) in [7, 11) is 0. The molecule has 102 valence electrons. The van der Waals surface area contributed by atoms with Gasteiger partial charge in [-0.2, -0.15) is 0 Å². The highest BCUT2D eigenvalue weighted by Gasteiger charge is 2.27. The molecule has 0 N–H and O–H groups in total. The minimum absolute atomic E-state index is 0.0111. The van der Waals surface area contributed by atoms with E-state index in [9.17, 15) is 14.9 Å². The first kappa shape index (κ1) is 13.6. The van der Waals surface area contributed by atoms with Crippen molar-refractivity contribution in [2.24, 2.45) is 0 Å². The van der Waals surface area contributed by atoms with E-state index >= 15 is 0 Å². The van der Waals surface area contributed by atoms with E-state index in [-0.39, 0.29) is 11.5 Å². The van der Waals surface area contributed by atoms with Crippen LogP contribution < -0.4 is 0 Å². The van der Waals surface area contributed by atoms with Crippen LogP contribution in [0.4, 0.5) is 5.69 Å². The number of hydrogen-bond acceptors (Lipinski definition) is 5. The molecule has 0 amide bonds. The Labute approximate surface area is 111 Å². The molecule has 1 aromatic carbocycles. The number of benzene rings is 1. The third kappa shape index (κ3) is 3.15. The standard InChI is InChI=1S/C13H16N2O4/c1-10(16)13(14-5-7-19-8-6-14)11-3-2-4-12(9-11)15(17)18/h2-4,9,13H,5-8H2,1H3. The van der Waals surface area contributed by atoms with Crippen LogP contribution in [0.15, 0.2) is 24.3 Å². The van der Waals surface area contributed by atoms with Crippen LogP contribution >= 0.6 is 0 Å². The third-order valence-electron chi connectivity index (χ3n) is 3.19. The number of non-ortho nitro benzene ring substituents is 1. The number of nitro groups is 1. The predicted octanol–water partition coefficient (Wildman–Crippen LogP) is 1.56. The number of Topliss-reactive ketones (excluding diaryl/α,β-unsaturated/α-hetero) is 1. The molecule has 0 radical (unpaired) electrons. The van der Waals surface area contributed by atoms with Crippen LogP contribution in [0.3, 0.4) is 0 Å². The first-order valence-electron chi connectivity index (χ1n) is 6.16. The summed E-state index contributed by atoms with van der Waals surface area (Å²) in [5.41, 5.74) is 0.681. The largest absolute Gasteiger partial charge is 0.379 e. The second kappa shape index (κ2) is 5.90. The third-order valence-corrected chi connectivity index (χ3v) is 3.19. The lowest BCUT2D eigenvalue weighted by molar-refractivity contribution is -0.384. The molecule has 1 aliphatic rings. The highest BCUT2D eigenvalue weighted by molar-refractivity contribution is 5.83. The van der Waals surface area contributed by atoms with Crippen molar-refractivity contribution in [1.82, 2.24) is 4.90 Å². The van der Waals surface area contributed by atoms with E-state index in [4.69, 9.17) is 4.74 Å². The first-order chi connectivity index (χ1) is 9.09. The molecule has 1 heterocycles. The fraction of sp³-hybridized carbons (Fsp3) is 0.462. The Kier molecular flexibility index (Phi) is 4.24. The lowest BCUT2D eigenvalue weighted by atomic mass is 10.0. The van der Waals surface area contributed by atoms with Crippen molar-refractivity contribution in [2.45, 2.75) is 13.0 Å². The molecule has 19 heavy (non-hydrogen) atoms. The summed E-state index contributed by atoms with van der Waals surface area (Å²) in [5, 5.41) is 10.8. The van der Waals surface area contributed by atoms with Gasteiger partial charge in [0.1, 0.15) is 0 Å². The zero-order valence-corrected chi connectivity index (χ0v) is 10.7. The quantitative estimate of drug-likeness (QED) is 0.609. The Balaban J connectivity index is 2.30. The fourth-order valence-corrected chi connectivity index (χ4v) is 2.35. The number of nitrogens with zero attached hydrogens (tertiary/aromatic N) is 2. The van der Waals surface area contributed by atoms with E-state index in [1.54, 1.807) is 12.1 Å². The number of ketones is 1. The van der Waals surface area contributed by atoms with Crippen LogP contribution in [0.1, 0.15) is 18.5 Å². The van der Waals surface area contributed by atoms with Gasteiger partial charge in [-0.05, 0) is 12.5 Å². The second-order valence-electron chi connectivity index (χ2n) is 4.51. The number of rotatable bonds is 4. The highest BCUT2D eigenvalue weighted by Crippen LogP contribution is 2.25. The molecule has 1 fully saturated rings. The molecule has 0 saturated carbocycles. The molecule has 1 aromatic rings. The van der Waals surface area contributed by atoms with E-state index in [1.165, 1.54) is 19.1 Å². The van der Waals surface area contributed by atoms with Crippen molar-refractivity contribution in [2.75, 3.05) is 26.3 Å². The Morgan fingerprint density at radius 3 is 2.68 bits per heavy atom. The van der Waals surface area contributed by atoms with Gasteiger partial charge in [0.2, 0.25) is 0 Å². The Morgan fingerprint density at radius 1 is 1.42 bits per heavy atom. The molecular formula is C13H16N2O4. The van der Waals surface area contributed by atoms with Crippen molar-refractivity contribution in [3.8, 4) is 0 Å². The minimum Gasteiger partial charge on any atom is -0.379 e. The predicted molar refractivity (Wildman–Crippen MR) is 68.9 cm³/mol. The lowest BCUT2D eigenvalue weighted by Gasteiger charge is -2.33. The van der Waals surface area contributed by atoms with Crippen molar-refractivity contribution in [3.05, 3.63) is 39.9 Å². The van der Waals surface area contributed by atoms with Gasteiger partial charge in [0.25, 0.3) is 5.69 Å². The number of hydrogen-bond donors (Lipinski definition) is 0. The normalized spacial score (nSPS) is 17.9. The monoisotopic (exact) mass is 264 g/mol. The maximum atomic E-state index is 11.9. The van der Waals surface area contributed by atoms with Crippen molar-refractivity contribution in [1.29, 1.82) is 0 Å². The first-order valence-corrected chi connectivity index (χ1v) is 6.16. The molecular weight excluding hydrogens is 248 g/mol. The van der Waals surface area contributed by atoms with Crippen molar-refractivity contribution in [3.63, 3.8) is 0 Å². The highest BCUT2D eigenvalue weighted by atomic mass is 16.6. The molecule has 0 aromatic heterocycles. The molecule has 6 nitrogen and oxygen atoms in total. The van der Waals surface area contributed by atoms with Crippen LogP contribution in [0.5, 0.6) is 0 Å². The van der Waals surface area contributed by atoms with Gasteiger partial charge in [-0.15, -0.1) is 0 Å². The van der Waals surface area contributed by atoms with Crippen LogP contribution in [0.2, 0.25) is 0 Å². The van der Waals surface area contributed by atoms with Gasteiger partial charge in [0, 0.05) is 25.2 Å². The van der Waals surface area contributed by atoms with E-state index in [0.29, 0.717) is 31.9 Å². The number of ether oxygens (including phenoxy) is 1. The maximum Gasteiger partial charge on any atom is 0.269 e. The van der Waals surface area contributed by atoms with Gasteiger partial charge in [-0.3, -0.25) is 19.8 Å². The van der Waals surface area contributed by atoms with Gasteiger partial charge < -0.3 is 4.74 Å². The summed E-state index contributed by atoms with van der Waals surface area (Å²) < 4.78 is 5.27. The van der Waals surface area contributed by atoms with Crippen molar-refractivity contribution >= 4 is 11.5 Å². The SMILES string of the molecule is CC(=O)C(c1cccc([N+](=O)[O-])c1)N1CCOCC1.